The quantitative estimate of drug-likeness (QED) is 0.873. The summed E-state index contributed by atoms with van der Waals surface area (Å²) < 4.78 is 0. The second-order valence-corrected chi connectivity index (χ2v) is 4.52. The van der Waals surface area contributed by atoms with Crippen LogP contribution in [0.2, 0.25) is 0 Å². The lowest BCUT2D eigenvalue weighted by Crippen LogP contribution is -2.20. The van der Waals surface area contributed by atoms with E-state index in [1.54, 1.807) is 24.3 Å². The predicted molar refractivity (Wildman–Crippen MR) is 83.0 cm³/mol. The highest BCUT2D eigenvalue weighted by Gasteiger charge is 2.08. The van der Waals surface area contributed by atoms with E-state index in [0.29, 0.717) is 0 Å². The highest BCUT2D eigenvalue weighted by atomic mass is 16.3. The number of benzene rings is 2. The van der Waals surface area contributed by atoms with E-state index in [4.69, 9.17) is 0 Å². The van der Waals surface area contributed by atoms with Crippen molar-refractivity contribution >= 4 is 12.2 Å². The van der Waals surface area contributed by atoms with Gasteiger partial charge in [-0.25, -0.2) is 0 Å². The van der Waals surface area contributed by atoms with Gasteiger partial charge in [-0.05, 0) is 11.1 Å². The van der Waals surface area contributed by atoms with E-state index in [1.165, 1.54) is 0 Å². The van der Waals surface area contributed by atoms with Crippen LogP contribution in [0.1, 0.15) is 11.1 Å². The summed E-state index contributed by atoms with van der Waals surface area (Å²) >= 11 is 0. The Morgan fingerprint density at radius 2 is 0.950 bits per heavy atom. The molecule has 0 aromatic heterocycles. The Labute approximate surface area is 119 Å². The lowest BCUT2D eigenvalue weighted by molar-refractivity contribution is 0.0818. The topological polar surface area (TPSA) is 40.5 Å². The third-order valence-corrected chi connectivity index (χ3v) is 2.92. The standard InChI is InChI=1S/C18H18O2/c19-17(13-11-15-7-3-1-4-8-15)18(20)14-12-16-9-5-2-6-10-16/h1-14,17-20H/b13-11+,14-12+/t17-,18+. The van der Waals surface area contributed by atoms with Crippen LogP contribution in [0.25, 0.3) is 12.2 Å². The molecule has 0 radical (unpaired) electrons. The molecule has 2 N–H and O–H groups in total. The Balaban J connectivity index is 1.94. The van der Waals surface area contributed by atoms with Crippen LogP contribution in [0.5, 0.6) is 0 Å². The molecule has 20 heavy (non-hydrogen) atoms. The van der Waals surface area contributed by atoms with E-state index < -0.39 is 12.2 Å². The van der Waals surface area contributed by atoms with Crippen molar-refractivity contribution < 1.29 is 10.2 Å². The minimum absolute atomic E-state index is 0.921. The van der Waals surface area contributed by atoms with Gasteiger partial charge < -0.3 is 10.2 Å². The molecule has 0 amide bonds. The fraction of sp³-hybridized carbons (Fsp3) is 0.111. The minimum atomic E-state index is -0.921. The van der Waals surface area contributed by atoms with Gasteiger partial charge in [0.2, 0.25) is 0 Å². The molecule has 0 fully saturated rings. The molecule has 2 heteroatoms. The summed E-state index contributed by atoms with van der Waals surface area (Å²) in [6.07, 6.45) is 4.93. The third-order valence-electron chi connectivity index (χ3n) is 2.92. The molecule has 0 heterocycles. The summed E-state index contributed by atoms with van der Waals surface area (Å²) in [4.78, 5) is 0. The Morgan fingerprint density at radius 1 is 0.600 bits per heavy atom. The summed E-state index contributed by atoms with van der Waals surface area (Å²) in [5, 5.41) is 19.7. The molecule has 2 atom stereocenters. The molecule has 2 rings (SSSR count). The molecule has 0 aliphatic heterocycles. The van der Waals surface area contributed by atoms with Gasteiger partial charge in [0.15, 0.2) is 0 Å². The van der Waals surface area contributed by atoms with Crippen LogP contribution in [-0.4, -0.2) is 22.4 Å². The summed E-state index contributed by atoms with van der Waals surface area (Å²) in [6, 6.07) is 19.3. The lowest BCUT2D eigenvalue weighted by atomic mass is 10.1. The second kappa shape index (κ2) is 7.43. The van der Waals surface area contributed by atoms with Crippen LogP contribution in [0.15, 0.2) is 72.8 Å². The van der Waals surface area contributed by atoms with Crippen LogP contribution < -0.4 is 0 Å². The average molecular weight is 266 g/mol. The van der Waals surface area contributed by atoms with E-state index in [9.17, 15) is 10.2 Å². The molecular formula is C18H18O2. The van der Waals surface area contributed by atoms with E-state index in [0.717, 1.165) is 11.1 Å². The van der Waals surface area contributed by atoms with Crippen molar-refractivity contribution in [2.75, 3.05) is 0 Å². The van der Waals surface area contributed by atoms with Gasteiger partial charge in [-0.1, -0.05) is 85.0 Å². The van der Waals surface area contributed by atoms with Crippen molar-refractivity contribution in [1.82, 2.24) is 0 Å². The molecule has 2 nitrogen and oxygen atoms in total. The van der Waals surface area contributed by atoms with E-state index in [2.05, 4.69) is 0 Å². The zero-order valence-corrected chi connectivity index (χ0v) is 11.1. The van der Waals surface area contributed by atoms with Gasteiger partial charge in [0.05, 0.1) is 0 Å². The van der Waals surface area contributed by atoms with Gasteiger partial charge in [0, 0.05) is 0 Å². The molecule has 0 aliphatic carbocycles. The predicted octanol–water partition coefficient (Wildman–Crippen LogP) is 3.14. The molecule has 0 bridgehead atoms. The largest absolute Gasteiger partial charge is 0.386 e. The van der Waals surface area contributed by atoms with E-state index in [-0.39, 0.29) is 0 Å². The Hall–Kier alpha value is -2.16. The van der Waals surface area contributed by atoms with E-state index in [1.807, 2.05) is 60.7 Å². The number of rotatable bonds is 5. The number of hydrogen-bond donors (Lipinski definition) is 2. The lowest BCUT2D eigenvalue weighted by Gasteiger charge is -2.09. The minimum Gasteiger partial charge on any atom is -0.386 e. The van der Waals surface area contributed by atoms with Gasteiger partial charge in [-0.3, -0.25) is 0 Å². The Kier molecular flexibility index (Phi) is 5.30. The SMILES string of the molecule is O[C@H](/C=C/c1ccccc1)[C@@H](O)/C=C/c1ccccc1. The molecule has 0 aliphatic rings. The third kappa shape index (κ3) is 4.50. The summed E-state index contributed by atoms with van der Waals surface area (Å²) in [6.45, 7) is 0. The zero-order chi connectivity index (χ0) is 14.2. The Bertz CT molecular complexity index is 505. The number of hydrogen-bond acceptors (Lipinski definition) is 2. The molecule has 102 valence electrons. The van der Waals surface area contributed by atoms with Crippen LogP contribution in [0.4, 0.5) is 0 Å². The summed E-state index contributed by atoms with van der Waals surface area (Å²) in [7, 11) is 0. The van der Waals surface area contributed by atoms with Gasteiger partial charge in [-0.2, -0.15) is 0 Å². The monoisotopic (exact) mass is 266 g/mol. The van der Waals surface area contributed by atoms with E-state index >= 15 is 0 Å². The molecule has 0 saturated heterocycles. The first-order chi connectivity index (χ1) is 9.75. The van der Waals surface area contributed by atoms with Crippen LogP contribution >= 0.6 is 0 Å². The highest BCUT2D eigenvalue weighted by molar-refractivity contribution is 5.51. The van der Waals surface area contributed by atoms with Crippen molar-refractivity contribution in [3.8, 4) is 0 Å². The maximum absolute atomic E-state index is 9.87. The fourth-order valence-corrected chi connectivity index (χ4v) is 1.78. The normalized spacial score (nSPS) is 14.7. The number of aliphatic hydroxyl groups is 2. The van der Waals surface area contributed by atoms with Gasteiger partial charge in [-0.15, -0.1) is 0 Å². The highest BCUT2D eigenvalue weighted by Crippen LogP contribution is 2.07. The Morgan fingerprint density at radius 3 is 1.30 bits per heavy atom. The molecular weight excluding hydrogens is 248 g/mol. The van der Waals surface area contributed by atoms with Crippen molar-refractivity contribution in [2.45, 2.75) is 12.2 Å². The smallest absolute Gasteiger partial charge is 0.102 e. The first-order valence-corrected chi connectivity index (χ1v) is 6.58. The van der Waals surface area contributed by atoms with Crippen LogP contribution in [-0.2, 0) is 0 Å². The van der Waals surface area contributed by atoms with Gasteiger partial charge in [0.25, 0.3) is 0 Å². The van der Waals surface area contributed by atoms with Crippen LogP contribution in [0, 0.1) is 0 Å². The van der Waals surface area contributed by atoms with Gasteiger partial charge in [0.1, 0.15) is 12.2 Å². The average Bonchev–Trinajstić information content (AvgIpc) is 2.52. The zero-order valence-electron chi connectivity index (χ0n) is 11.1. The van der Waals surface area contributed by atoms with Crippen molar-refractivity contribution in [3.05, 3.63) is 83.9 Å². The van der Waals surface area contributed by atoms with Crippen molar-refractivity contribution in [1.29, 1.82) is 0 Å². The molecule has 2 aromatic carbocycles. The molecule has 0 unspecified atom stereocenters. The summed E-state index contributed by atoms with van der Waals surface area (Å²) in [5.41, 5.74) is 1.98. The summed E-state index contributed by atoms with van der Waals surface area (Å²) in [5.74, 6) is 0. The first kappa shape index (κ1) is 14.3. The maximum atomic E-state index is 9.87. The second-order valence-electron chi connectivity index (χ2n) is 4.52. The molecule has 0 spiro atoms. The maximum Gasteiger partial charge on any atom is 0.102 e. The van der Waals surface area contributed by atoms with Crippen LogP contribution in [0.3, 0.4) is 0 Å². The van der Waals surface area contributed by atoms with Gasteiger partial charge >= 0.3 is 0 Å². The van der Waals surface area contributed by atoms with Crippen molar-refractivity contribution in [2.24, 2.45) is 0 Å². The number of aliphatic hydroxyl groups excluding tert-OH is 2. The fourth-order valence-electron chi connectivity index (χ4n) is 1.78. The molecule has 0 saturated carbocycles. The first-order valence-electron chi connectivity index (χ1n) is 6.58. The van der Waals surface area contributed by atoms with Crippen molar-refractivity contribution in [3.63, 3.8) is 0 Å². The molecule has 2 aromatic rings.